The summed E-state index contributed by atoms with van der Waals surface area (Å²) in [5, 5.41) is 0. The van der Waals surface area contributed by atoms with Gasteiger partial charge in [-0.15, -0.1) is 0 Å². The molecule has 7 heteroatoms. The van der Waals surface area contributed by atoms with Crippen LogP contribution in [0.5, 0.6) is 5.75 Å². The molecule has 0 unspecified atom stereocenters. The fourth-order valence-electron chi connectivity index (χ4n) is 3.92. The normalized spacial score (nSPS) is 15.2. The van der Waals surface area contributed by atoms with Crippen LogP contribution in [0.25, 0.3) is 17.2 Å². The number of pyridine rings is 1. The highest BCUT2D eigenvalue weighted by Crippen LogP contribution is 2.28. The monoisotopic (exact) mass is 406 g/mol. The van der Waals surface area contributed by atoms with Gasteiger partial charge in [-0.05, 0) is 48.7 Å². The van der Waals surface area contributed by atoms with Gasteiger partial charge in [0, 0.05) is 38.5 Å². The molecule has 1 saturated heterocycles. The maximum atomic E-state index is 12.6. The zero-order chi connectivity index (χ0) is 20.9. The first-order valence-corrected chi connectivity index (χ1v) is 10.1. The Balaban J connectivity index is 1.42. The predicted octanol–water partition coefficient (Wildman–Crippen LogP) is 3.46. The maximum Gasteiger partial charge on any atom is 0.246 e. The molecule has 7 nitrogen and oxygen atoms in total. The molecule has 3 aromatic rings. The van der Waals surface area contributed by atoms with E-state index >= 15 is 0 Å². The van der Waals surface area contributed by atoms with Gasteiger partial charge in [-0.1, -0.05) is 12.1 Å². The van der Waals surface area contributed by atoms with Crippen molar-refractivity contribution in [1.82, 2.24) is 19.4 Å². The Kier molecular flexibility index (Phi) is 6.09. The smallest absolute Gasteiger partial charge is 0.246 e. The van der Waals surface area contributed by atoms with Crippen LogP contribution in [0, 0.1) is 0 Å². The Morgan fingerprint density at radius 2 is 1.93 bits per heavy atom. The molecule has 0 spiro atoms. The molecule has 0 aliphatic carbocycles. The molecule has 0 bridgehead atoms. The van der Waals surface area contributed by atoms with Crippen LogP contribution in [-0.4, -0.2) is 52.7 Å². The molecule has 1 aliphatic rings. The zero-order valence-corrected chi connectivity index (χ0v) is 17.3. The molecule has 1 aromatic carbocycles. The average Bonchev–Trinajstić information content (AvgIpc) is 3.16. The van der Waals surface area contributed by atoms with Gasteiger partial charge in [0.2, 0.25) is 5.91 Å². The number of nitrogens with zero attached hydrogens (tertiary/aromatic N) is 4. The molecule has 156 valence electrons. The van der Waals surface area contributed by atoms with Crippen molar-refractivity contribution in [2.24, 2.45) is 0 Å². The first-order chi connectivity index (χ1) is 14.7. The van der Waals surface area contributed by atoms with Gasteiger partial charge in [-0.3, -0.25) is 4.79 Å². The van der Waals surface area contributed by atoms with E-state index < -0.39 is 0 Å². The van der Waals surface area contributed by atoms with Crippen LogP contribution in [0.1, 0.15) is 30.3 Å². The lowest BCUT2D eigenvalue weighted by atomic mass is 10.0. The summed E-state index contributed by atoms with van der Waals surface area (Å²) in [7, 11) is 3.31. The Hall–Kier alpha value is -3.19. The number of rotatable bonds is 6. The fraction of sp³-hybridized carbons (Fsp3) is 0.348. The summed E-state index contributed by atoms with van der Waals surface area (Å²) in [5.74, 6) is 1.72. The number of ether oxygens (including phenoxy) is 2. The van der Waals surface area contributed by atoms with E-state index in [0.717, 1.165) is 41.1 Å². The molecule has 2 aromatic heterocycles. The van der Waals surface area contributed by atoms with Gasteiger partial charge >= 0.3 is 0 Å². The van der Waals surface area contributed by atoms with E-state index in [-0.39, 0.29) is 11.9 Å². The van der Waals surface area contributed by atoms with Gasteiger partial charge in [0.05, 0.1) is 7.11 Å². The first kappa shape index (κ1) is 20.1. The minimum absolute atomic E-state index is 0.0370. The SMILES string of the molecule is COCc1nc2cccnc2n1C1CCN(C(=O)/C=C/c2ccc(OC)cc2)CC1. The molecular weight excluding hydrogens is 380 g/mol. The lowest BCUT2D eigenvalue weighted by molar-refractivity contribution is -0.127. The van der Waals surface area contributed by atoms with Crippen molar-refractivity contribution in [3.63, 3.8) is 0 Å². The molecule has 0 saturated carbocycles. The highest BCUT2D eigenvalue weighted by Gasteiger charge is 2.26. The van der Waals surface area contributed by atoms with E-state index in [4.69, 9.17) is 9.47 Å². The van der Waals surface area contributed by atoms with E-state index in [9.17, 15) is 4.79 Å². The number of aromatic nitrogens is 3. The number of hydrogen-bond donors (Lipinski definition) is 0. The second kappa shape index (κ2) is 9.09. The lowest BCUT2D eigenvalue weighted by Crippen LogP contribution is -2.38. The number of carbonyl (C=O) groups excluding carboxylic acids is 1. The zero-order valence-electron chi connectivity index (χ0n) is 17.3. The molecule has 1 aliphatic heterocycles. The van der Waals surface area contributed by atoms with Crippen molar-refractivity contribution in [2.45, 2.75) is 25.5 Å². The number of benzene rings is 1. The minimum atomic E-state index is 0.0370. The quantitative estimate of drug-likeness (QED) is 0.587. The van der Waals surface area contributed by atoms with E-state index in [2.05, 4.69) is 14.5 Å². The van der Waals surface area contributed by atoms with Crippen LogP contribution in [0.3, 0.4) is 0 Å². The number of fused-ring (bicyclic) bond motifs is 1. The van der Waals surface area contributed by atoms with E-state index in [1.165, 1.54) is 0 Å². The van der Waals surface area contributed by atoms with Gasteiger partial charge in [0.15, 0.2) is 5.65 Å². The molecule has 4 rings (SSSR count). The molecule has 0 radical (unpaired) electrons. The lowest BCUT2D eigenvalue weighted by Gasteiger charge is -2.32. The van der Waals surface area contributed by atoms with Crippen LogP contribution in [-0.2, 0) is 16.1 Å². The summed E-state index contributed by atoms with van der Waals surface area (Å²) in [6.07, 6.45) is 7.01. The van der Waals surface area contributed by atoms with Crippen molar-refractivity contribution in [3.8, 4) is 5.75 Å². The standard InChI is InChI=1S/C23H26N4O3/c1-29-16-21-25-20-4-3-13-24-23(20)27(21)18-11-14-26(15-12-18)22(28)10-7-17-5-8-19(30-2)9-6-17/h3-10,13,18H,11-12,14-16H2,1-2H3/b10-7+. The van der Waals surface area contributed by atoms with Crippen LogP contribution in [0.4, 0.5) is 0 Å². The van der Waals surface area contributed by atoms with Gasteiger partial charge in [0.1, 0.15) is 23.7 Å². The average molecular weight is 406 g/mol. The topological polar surface area (TPSA) is 69.5 Å². The number of methoxy groups -OCH3 is 2. The van der Waals surface area contributed by atoms with Gasteiger partial charge in [0.25, 0.3) is 0 Å². The number of carbonyl (C=O) groups is 1. The highest BCUT2D eigenvalue weighted by atomic mass is 16.5. The van der Waals surface area contributed by atoms with Crippen molar-refractivity contribution < 1.29 is 14.3 Å². The molecule has 1 fully saturated rings. The minimum Gasteiger partial charge on any atom is -0.497 e. The summed E-state index contributed by atoms with van der Waals surface area (Å²) in [4.78, 5) is 23.7. The summed E-state index contributed by atoms with van der Waals surface area (Å²) in [5.41, 5.74) is 2.73. The second-order valence-electron chi connectivity index (χ2n) is 7.34. The molecule has 1 amide bonds. The number of amides is 1. The van der Waals surface area contributed by atoms with Crippen LogP contribution in [0.2, 0.25) is 0 Å². The molecule has 3 heterocycles. The molecule has 0 atom stereocenters. The van der Waals surface area contributed by atoms with Crippen molar-refractivity contribution in [1.29, 1.82) is 0 Å². The summed E-state index contributed by atoms with van der Waals surface area (Å²) >= 11 is 0. The van der Waals surface area contributed by atoms with Crippen LogP contribution < -0.4 is 4.74 Å². The summed E-state index contributed by atoms with van der Waals surface area (Å²) in [6.45, 7) is 1.85. The van der Waals surface area contributed by atoms with E-state index in [0.29, 0.717) is 19.7 Å². The van der Waals surface area contributed by atoms with E-state index in [1.807, 2.05) is 47.4 Å². The Labute approximate surface area is 175 Å². The maximum absolute atomic E-state index is 12.6. The fourth-order valence-corrected chi connectivity index (χ4v) is 3.92. The van der Waals surface area contributed by atoms with Crippen molar-refractivity contribution in [2.75, 3.05) is 27.3 Å². The number of hydrogen-bond acceptors (Lipinski definition) is 5. The molecular formula is C23H26N4O3. The van der Waals surface area contributed by atoms with E-state index in [1.54, 1.807) is 26.5 Å². The molecule has 30 heavy (non-hydrogen) atoms. The third-order valence-corrected chi connectivity index (χ3v) is 5.47. The highest BCUT2D eigenvalue weighted by molar-refractivity contribution is 5.91. The van der Waals surface area contributed by atoms with Crippen molar-refractivity contribution >= 4 is 23.1 Å². The first-order valence-electron chi connectivity index (χ1n) is 10.1. The van der Waals surface area contributed by atoms with Gasteiger partial charge in [-0.2, -0.15) is 0 Å². The predicted molar refractivity (Wildman–Crippen MR) is 115 cm³/mol. The Morgan fingerprint density at radius 1 is 1.17 bits per heavy atom. The number of piperidine rings is 1. The third kappa shape index (κ3) is 4.21. The summed E-state index contributed by atoms with van der Waals surface area (Å²) in [6, 6.07) is 11.8. The van der Waals surface area contributed by atoms with Gasteiger partial charge < -0.3 is 18.9 Å². The van der Waals surface area contributed by atoms with Crippen molar-refractivity contribution in [3.05, 3.63) is 60.1 Å². The largest absolute Gasteiger partial charge is 0.497 e. The second-order valence-corrected chi connectivity index (χ2v) is 7.34. The summed E-state index contributed by atoms with van der Waals surface area (Å²) < 4.78 is 12.7. The van der Waals surface area contributed by atoms with Crippen LogP contribution >= 0.6 is 0 Å². The Bertz CT molecular complexity index is 1030. The number of likely N-dealkylation sites (tertiary alicyclic amines) is 1. The Morgan fingerprint density at radius 3 is 2.63 bits per heavy atom. The van der Waals surface area contributed by atoms with Gasteiger partial charge in [-0.25, -0.2) is 9.97 Å². The molecule has 0 N–H and O–H groups in total. The number of imidazole rings is 1. The third-order valence-electron chi connectivity index (χ3n) is 5.47. The van der Waals surface area contributed by atoms with Crippen LogP contribution in [0.15, 0.2) is 48.7 Å².